The highest BCUT2D eigenvalue weighted by Gasteiger charge is 2.37. The van der Waals surface area contributed by atoms with Crippen LogP contribution in [0.4, 0.5) is 0 Å². The molecule has 0 aliphatic rings. The molecular formula is C25H22N2O2. The van der Waals surface area contributed by atoms with Gasteiger partial charge in [0.2, 0.25) is 0 Å². The van der Waals surface area contributed by atoms with E-state index in [1.165, 1.54) is 6.92 Å². The zero-order valence-electron chi connectivity index (χ0n) is 16.2. The summed E-state index contributed by atoms with van der Waals surface area (Å²) in [7, 11) is 0. The minimum atomic E-state index is -0.570. The molecular weight excluding hydrogens is 360 g/mol. The van der Waals surface area contributed by atoms with Crippen molar-refractivity contribution in [1.29, 1.82) is 0 Å². The molecule has 0 saturated heterocycles. The Kier molecular flexibility index (Phi) is 5.25. The summed E-state index contributed by atoms with van der Waals surface area (Å²) >= 11 is 0. The van der Waals surface area contributed by atoms with Gasteiger partial charge in [0.25, 0.3) is 0 Å². The number of rotatable bonds is 6. The van der Waals surface area contributed by atoms with Crippen LogP contribution in [0.1, 0.15) is 29.2 Å². The first-order valence-electron chi connectivity index (χ1n) is 9.53. The summed E-state index contributed by atoms with van der Waals surface area (Å²) in [5.41, 5.74) is 3.75. The third kappa shape index (κ3) is 3.57. The Bertz CT molecular complexity index is 1020. The third-order valence-corrected chi connectivity index (χ3v) is 5.09. The van der Waals surface area contributed by atoms with Crippen molar-refractivity contribution in [3.05, 3.63) is 126 Å². The van der Waals surface area contributed by atoms with Gasteiger partial charge < -0.3 is 9.30 Å². The van der Waals surface area contributed by atoms with Crippen LogP contribution in [0.25, 0.3) is 0 Å². The minimum absolute atomic E-state index is 0.268. The van der Waals surface area contributed by atoms with Gasteiger partial charge in [-0.3, -0.25) is 4.79 Å². The Labute approximate surface area is 170 Å². The number of imidazole rings is 1. The molecule has 29 heavy (non-hydrogen) atoms. The summed E-state index contributed by atoms with van der Waals surface area (Å²) in [5, 5.41) is 0. The van der Waals surface area contributed by atoms with Crippen LogP contribution < -0.4 is 0 Å². The molecule has 0 fully saturated rings. The summed E-state index contributed by atoms with van der Waals surface area (Å²) in [4.78, 5) is 15.5. The number of esters is 1. The normalized spacial score (nSPS) is 11.2. The molecule has 144 valence electrons. The Morgan fingerprint density at radius 1 is 0.862 bits per heavy atom. The van der Waals surface area contributed by atoms with E-state index in [0.717, 1.165) is 22.3 Å². The van der Waals surface area contributed by atoms with Gasteiger partial charge in [0.15, 0.2) is 0 Å². The molecule has 1 aromatic heterocycles. The van der Waals surface area contributed by atoms with Crippen molar-refractivity contribution in [2.24, 2.45) is 0 Å². The lowest BCUT2D eigenvalue weighted by atomic mass is 9.76. The van der Waals surface area contributed by atoms with Crippen LogP contribution in [-0.4, -0.2) is 15.5 Å². The first-order chi connectivity index (χ1) is 14.2. The van der Waals surface area contributed by atoms with Crippen molar-refractivity contribution in [2.45, 2.75) is 19.1 Å². The number of carbonyl (C=O) groups excluding carboxylic acids is 1. The minimum Gasteiger partial charge on any atom is -0.461 e. The van der Waals surface area contributed by atoms with Gasteiger partial charge in [0, 0.05) is 19.3 Å². The van der Waals surface area contributed by atoms with Gasteiger partial charge in [-0.25, -0.2) is 4.98 Å². The highest BCUT2D eigenvalue weighted by Crippen LogP contribution is 2.40. The van der Waals surface area contributed by atoms with E-state index < -0.39 is 5.54 Å². The molecule has 3 aromatic carbocycles. The van der Waals surface area contributed by atoms with Crippen LogP contribution in [0.2, 0.25) is 0 Å². The number of nitrogens with zero attached hydrogens (tertiary/aromatic N) is 2. The van der Waals surface area contributed by atoms with Gasteiger partial charge in [0.1, 0.15) is 12.1 Å². The molecule has 4 heteroatoms. The van der Waals surface area contributed by atoms with E-state index >= 15 is 0 Å². The maximum atomic E-state index is 11.1. The zero-order valence-corrected chi connectivity index (χ0v) is 16.2. The topological polar surface area (TPSA) is 44.1 Å². The van der Waals surface area contributed by atoms with Gasteiger partial charge in [-0.15, -0.1) is 0 Å². The summed E-state index contributed by atoms with van der Waals surface area (Å²) in [6, 6.07) is 29.0. The van der Waals surface area contributed by atoms with E-state index in [1.807, 2.05) is 36.8 Å². The molecule has 0 unspecified atom stereocenters. The summed E-state index contributed by atoms with van der Waals surface area (Å²) in [6.45, 7) is 1.69. The van der Waals surface area contributed by atoms with Crippen LogP contribution in [0, 0.1) is 0 Å². The van der Waals surface area contributed by atoms with E-state index in [-0.39, 0.29) is 12.6 Å². The van der Waals surface area contributed by atoms with E-state index in [1.54, 1.807) is 6.20 Å². The fraction of sp³-hybridized carbons (Fsp3) is 0.120. The number of hydrogen-bond donors (Lipinski definition) is 0. The van der Waals surface area contributed by atoms with Crippen LogP contribution in [0.5, 0.6) is 0 Å². The SMILES string of the molecule is CC(=O)OCc1ccc(C(c2ccccc2)(c2ccccc2)n2ccnc2)cc1. The van der Waals surface area contributed by atoms with E-state index in [0.29, 0.717) is 0 Å². The van der Waals surface area contributed by atoms with Gasteiger partial charge in [0.05, 0.1) is 6.33 Å². The van der Waals surface area contributed by atoms with Gasteiger partial charge >= 0.3 is 5.97 Å². The summed E-state index contributed by atoms with van der Waals surface area (Å²) in [6.07, 6.45) is 5.65. The second-order valence-electron chi connectivity index (χ2n) is 6.89. The summed E-state index contributed by atoms with van der Waals surface area (Å²) < 4.78 is 7.28. The first-order valence-corrected chi connectivity index (χ1v) is 9.53. The smallest absolute Gasteiger partial charge is 0.302 e. The number of hydrogen-bond acceptors (Lipinski definition) is 3. The molecule has 4 nitrogen and oxygen atoms in total. The summed E-state index contributed by atoms with van der Waals surface area (Å²) in [5.74, 6) is -0.282. The van der Waals surface area contributed by atoms with Gasteiger partial charge in [-0.2, -0.15) is 0 Å². The van der Waals surface area contributed by atoms with E-state index in [4.69, 9.17) is 4.74 Å². The lowest BCUT2D eigenvalue weighted by Crippen LogP contribution is -2.36. The second-order valence-corrected chi connectivity index (χ2v) is 6.89. The second kappa shape index (κ2) is 8.15. The molecule has 0 bridgehead atoms. The molecule has 0 aliphatic carbocycles. The monoisotopic (exact) mass is 382 g/mol. The van der Waals surface area contributed by atoms with Crippen molar-refractivity contribution < 1.29 is 9.53 Å². The average Bonchev–Trinajstić information content (AvgIpc) is 3.30. The van der Waals surface area contributed by atoms with Crippen LogP contribution in [-0.2, 0) is 21.7 Å². The molecule has 0 atom stereocenters. The lowest BCUT2D eigenvalue weighted by Gasteiger charge is -2.37. The number of benzene rings is 3. The molecule has 0 radical (unpaired) electrons. The van der Waals surface area contributed by atoms with Crippen LogP contribution in [0.15, 0.2) is 104 Å². The zero-order chi connectivity index (χ0) is 20.1. The largest absolute Gasteiger partial charge is 0.461 e. The molecule has 0 aliphatic heterocycles. The number of ether oxygens (including phenoxy) is 1. The molecule has 1 heterocycles. The maximum Gasteiger partial charge on any atom is 0.302 e. The van der Waals surface area contributed by atoms with Crippen LogP contribution in [0.3, 0.4) is 0 Å². The maximum absolute atomic E-state index is 11.1. The highest BCUT2D eigenvalue weighted by atomic mass is 16.5. The lowest BCUT2D eigenvalue weighted by molar-refractivity contribution is -0.142. The molecule has 0 spiro atoms. The molecule has 0 saturated carbocycles. The molecule has 4 rings (SSSR count). The van der Waals surface area contributed by atoms with Crippen molar-refractivity contribution >= 4 is 5.97 Å². The Hall–Kier alpha value is -3.66. The van der Waals surface area contributed by atoms with Crippen molar-refractivity contribution in [3.8, 4) is 0 Å². The van der Waals surface area contributed by atoms with Crippen LogP contribution >= 0.6 is 0 Å². The predicted molar refractivity (Wildman–Crippen MR) is 112 cm³/mol. The fourth-order valence-electron chi connectivity index (χ4n) is 3.79. The number of aromatic nitrogens is 2. The van der Waals surface area contributed by atoms with Crippen molar-refractivity contribution in [3.63, 3.8) is 0 Å². The molecule has 0 N–H and O–H groups in total. The quantitative estimate of drug-likeness (QED) is 0.356. The van der Waals surface area contributed by atoms with Crippen molar-refractivity contribution in [1.82, 2.24) is 9.55 Å². The molecule has 0 amide bonds. The average molecular weight is 382 g/mol. The van der Waals surface area contributed by atoms with E-state index in [9.17, 15) is 4.79 Å². The van der Waals surface area contributed by atoms with E-state index in [2.05, 4.69) is 70.2 Å². The first kappa shape index (κ1) is 18.7. The Balaban J connectivity index is 1.92. The van der Waals surface area contributed by atoms with Gasteiger partial charge in [-0.05, 0) is 22.3 Å². The predicted octanol–water partition coefficient (Wildman–Crippen LogP) is 4.79. The van der Waals surface area contributed by atoms with Crippen molar-refractivity contribution in [2.75, 3.05) is 0 Å². The molecule has 4 aromatic rings. The Morgan fingerprint density at radius 3 is 1.90 bits per heavy atom. The number of carbonyl (C=O) groups is 1. The Morgan fingerprint density at radius 2 is 1.41 bits per heavy atom. The fourth-order valence-corrected chi connectivity index (χ4v) is 3.79. The standard InChI is InChI=1S/C25H22N2O2/c1-20(28)29-18-21-12-14-24(15-13-21)25(27-17-16-26-19-27,22-8-4-2-5-9-22)23-10-6-3-7-11-23/h2-17,19H,18H2,1H3. The third-order valence-electron chi connectivity index (χ3n) is 5.09. The van der Waals surface area contributed by atoms with Gasteiger partial charge in [-0.1, -0.05) is 84.9 Å². The highest BCUT2D eigenvalue weighted by molar-refractivity contribution is 5.65.